The van der Waals surface area contributed by atoms with Gasteiger partial charge in [-0.25, -0.2) is 4.90 Å². The number of phenolic OH excluding ortho intramolecular Hbond substituents is 1. The number of halogens is 1. The molecule has 1 aromatic carbocycles. The van der Waals surface area contributed by atoms with Crippen LogP contribution in [0.15, 0.2) is 18.2 Å². The Kier molecular flexibility index (Phi) is 3.21. The average Bonchev–Trinajstić information content (AvgIpc) is 2.65. The van der Waals surface area contributed by atoms with Gasteiger partial charge in [-0.15, -0.1) is 0 Å². The number of aromatic hydroxyl groups is 1. The minimum atomic E-state index is -0.246. The molecule has 0 aromatic heterocycles. The van der Waals surface area contributed by atoms with E-state index in [4.69, 9.17) is 11.6 Å². The summed E-state index contributed by atoms with van der Waals surface area (Å²) in [5, 5.41) is 10.3. The molecular formula is C15H16ClNO3. The molecule has 5 heteroatoms. The van der Waals surface area contributed by atoms with E-state index in [1.807, 2.05) is 0 Å². The normalized spacial score (nSPS) is 29.7. The third-order valence-corrected chi connectivity index (χ3v) is 4.60. The fourth-order valence-corrected chi connectivity index (χ4v) is 3.47. The van der Waals surface area contributed by atoms with Crippen LogP contribution in [0, 0.1) is 17.8 Å². The molecule has 0 radical (unpaired) electrons. The molecule has 0 spiro atoms. The molecule has 1 saturated carbocycles. The van der Waals surface area contributed by atoms with E-state index < -0.39 is 0 Å². The summed E-state index contributed by atoms with van der Waals surface area (Å²) in [7, 11) is 0. The number of anilines is 1. The summed E-state index contributed by atoms with van der Waals surface area (Å²) in [6.07, 6.45) is 2.46. The fourth-order valence-electron chi connectivity index (χ4n) is 3.30. The highest BCUT2D eigenvalue weighted by Crippen LogP contribution is 2.44. The van der Waals surface area contributed by atoms with E-state index in [-0.39, 0.29) is 35.1 Å². The lowest BCUT2D eigenvalue weighted by Gasteiger charge is -2.25. The summed E-state index contributed by atoms with van der Waals surface area (Å²) in [6.45, 7) is 2.10. The summed E-state index contributed by atoms with van der Waals surface area (Å²) in [5.74, 6) is -0.529. The zero-order chi connectivity index (χ0) is 14.4. The SMILES string of the molecule is CC1CCC2C(=O)N(c3cc(Cl)ccc3O)C(=O)C2C1. The topological polar surface area (TPSA) is 57.6 Å². The van der Waals surface area contributed by atoms with Crippen molar-refractivity contribution < 1.29 is 14.7 Å². The molecule has 1 aliphatic carbocycles. The number of hydrogen-bond donors (Lipinski definition) is 1. The van der Waals surface area contributed by atoms with Crippen molar-refractivity contribution in [3.63, 3.8) is 0 Å². The van der Waals surface area contributed by atoms with Crippen LogP contribution in [-0.4, -0.2) is 16.9 Å². The predicted molar refractivity (Wildman–Crippen MR) is 75.6 cm³/mol. The van der Waals surface area contributed by atoms with Crippen molar-refractivity contribution in [1.82, 2.24) is 0 Å². The van der Waals surface area contributed by atoms with Gasteiger partial charge in [0.2, 0.25) is 11.8 Å². The Bertz CT molecular complexity index is 586. The van der Waals surface area contributed by atoms with Gasteiger partial charge < -0.3 is 5.11 Å². The lowest BCUT2D eigenvalue weighted by molar-refractivity contribution is -0.122. The van der Waals surface area contributed by atoms with Crippen molar-refractivity contribution in [2.75, 3.05) is 4.90 Å². The number of phenols is 1. The summed E-state index contributed by atoms with van der Waals surface area (Å²) >= 11 is 5.91. The molecule has 1 heterocycles. The van der Waals surface area contributed by atoms with Gasteiger partial charge in [-0.2, -0.15) is 0 Å². The van der Waals surface area contributed by atoms with Gasteiger partial charge in [0.1, 0.15) is 5.75 Å². The van der Waals surface area contributed by atoms with Crippen LogP contribution in [0.2, 0.25) is 5.02 Å². The molecule has 4 nitrogen and oxygen atoms in total. The first-order valence-electron chi connectivity index (χ1n) is 6.85. The van der Waals surface area contributed by atoms with Gasteiger partial charge in [-0.3, -0.25) is 9.59 Å². The van der Waals surface area contributed by atoms with Crippen LogP contribution in [-0.2, 0) is 9.59 Å². The minimum absolute atomic E-state index is 0.0946. The van der Waals surface area contributed by atoms with E-state index in [1.165, 1.54) is 18.2 Å². The Morgan fingerprint density at radius 2 is 1.90 bits per heavy atom. The zero-order valence-corrected chi connectivity index (χ0v) is 11.9. The lowest BCUT2D eigenvalue weighted by Crippen LogP contribution is -2.30. The Morgan fingerprint density at radius 1 is 1.20 bits per heavy atom. The van der Waals surface area contributed by atoms with E-state index in [2.05, 4.69) is 6.92 Å². The Labute approximate surface area is 122 Å². The van der Waals surface area contributed by atoms with E-state index in [1.54, 1.807) is 0 Å². The molecule has 20 heavy (non-hydrogen) atoms. The maximum absolute atomic E-state index is 12.5. The summed E-state index contributed by atoms with van der Waals surface area (Å²) < 4.78 is 0. The highest BCUT2D eigenvalue weighted by Gasteiger charge is 2.50. The van der Waals surface area contributed by atoms with Gasteiger partial charge in [0.25, 0.3) is 0 Å². The van der Waals surface area contributed by atoms with Crippen LogP contribution < -0.4 is 4.90 Å². The fraction of sp³-hybridized carbons (Fsp3) is 0.467. The minimum Gasteiger partial charge on any atom is -0.506 e. The molecule has 1 saturated heterocycles. The quantitative estimate of drug-likeness (QED) is 0.810. The molecule has 106 valence electrons. The number of carbonyl (C=O) groups excluding carboxylic acids is 2. The standard InChI is InChI=1S/C15H16ClNO3/c1-8-2-4-10-11(6-8)15(20)17(14(10)19)12-7-9(16)3-5-13(12)18/h3,5,7-8,10-11,18H,2,4,6H2,1H3. The number of fused-ring (bicyclic) bond motifs is 1. The van der Waals surface area contributed by atoms with Crippen LogP contribution in [0.1, 0.15) is 26.2 Å². The molecule has 2 fully saturated rings. The Hall–Kier alpha value is -1.55. The summed E-state index contributed by atoms with van der Waals surface area (Å²) in [4.78, 5) is 26.1. The first-order valence-corrected chi connectivity index (χ1v) is 7.23. The van der Waals surface area contributed by atoms with Gasteiger partial charge in [0.15, 0.2) is 0 Å². The van der Waals surface area contributed by atoms with Crippen LogP contribution in [0.4, 0.5) is 5.69 Å². The summed E-state index contributed by atoms with van der Waals surface area (Å²) in [6, 6.07) is 4.40. The molecule has 1 aliphatic heterocycles. The van der Waals surface area contributed by atoms with Crippen LogP contribution in [0.5, 0.6) is 5.75 Å². The third kappa shape index (κ3) is 1.99. The Balaban J connectivity index is 2.00. The van der Waals surface area contributed by atoms with Crippen molar-refractivity contribution in [2.24, 2.45) is 17.8 Å². The van der Waals surface area contributed by atoms with E-state index in [9.17, 15) is 14.7 Å². The monoisotopic (exact) mass is 293 g/mol. The highest BCUT2D eigenvalue weighted by atomic mass is 35.5. The van der Waals surface area contributed by atoms with Crippen molar-refractivity contribution in [1.29, 1.82) is 0 Å². The van der Waals surface area contributed by atoms with Crippen molar-refractivity contribution in [2.45, 2.75) is 26.2 Å². The second kappa shape index (κ2) is 4.77. The molecule has 0 bridgehead atoms. The molecule has 3 rings (SSSR count). The van der Waals surface area contributed by atoms with E-state index in [0.717, 1.165) is 24.2 Å². The molecule has 3 atom stereocenters. The second-order valence-electron chi connectivity index (χ2n) is 5.78. The number of hydrogen-bond acceptors (Lipinski definition) is 3. The van der Waals surface area contributed by atoms with Gasteiger partial charge in [-0.05, 0) is 43.4 Å². The van der Waals surface area contributed by atoms with Gasteiger partial charge in [-0.1, -0.05) is 18.5 Å². The van der Waals surface area contributed by atoms with E-state index in [0.29, 0.717) is 10.9 Å². The summed E-state index contributed by atoms with van der Waals surface area (Å²) in [5.41, 5.74) is 0.203. The van der Waals surface area contributed by atoms with Crippen molar-refractivity contribution in [3.8, 4) is 5.75 Å². The molecule has 3 unspecified atom stereocenters. The third-order valence-electron chi connectivity index (χ3n) is 4.37. The number of imide groups is 1. The number of rotatable bonds is 1. The first-order chi connectivity index (χ1) is 9.49. The smallest absolute Gasteiger partial charge is 0.237 e. The largest absolute Gasteiger partial charge is 0.506 e. The van der Waals surface area contributed by atoms with Gasteiger partial charge >= 0.3 is 0 Å². The molecule has 1 aromatic rings. The molecule has 2 aliphatic rings. The zero-order valence-electron chi connectivity index (χ0n) is 11.2. The van der Waals surface area contributed by atoms with Gasteiger partial charge in [0.05, 0.1) is 17.5 Å². The molecular weight excluding hydrogens is 278 g/mol. The number of benzene rings is 1. The van der Waals surface area contributed by atoms with Crippen LogP contribution in [0.25, 0.3) is 0 Å². The van der Waals surface area contributed by atoms with Crippen LogP contribution in [0.3, 0.4) is 0 Å². The van der Waals surface area contributed by atoms with E-state index >= 15 is 0 Å². The molecule has 2 amide bonds. The average molecular weight is 294 g/mol. The maximum atomic E-state index is 12.5. The van der Waals surface area contributed by atoms with Gasteiger partial charge in [0, 0.05) is 5.02 Å². The lowest BCUT2D eigenvalue weighted by atomic mass is 9.76. The second-order valence-corrected chi connectivity index (χ2v) is 6.21. The first kappa shape index (κ1) is 13.4. The highest BCUT2D eigenvalue weighted by molar-refractivity contribution is 6.31. The number of amides is 2. The number of carbonyl (C=O) groups is 2. The Morgan fingerprint density at radius 3 is 2.65 bits per heavy atom. The predicted octanol–water partition coefficient (Wildman–Crippen LogP) is 2.97. The van der Waals surface area contributed by atoms with Crippen molar-refractivity contribution in [3.05, 3.63) is 23.2 Å². The van der Waals surface area contributed by atoms with Crippen LogP contribution >= 0.6 is 11.6 Å². The van der Waals surface area contributed by atoms with Crippen molar-refractivity contribution >= 4 is 29.1 Å². The molecule has 1 N–H and O–H groups in total. The number of nitrogens with zero attached hydrogens (tertiary/aromatic N) is 1. The maximum Gasteiger partial charge on any atom is 0.237 e.